The van der Waals surface area contributed by atoms with E-state index >= 15 is 0 Å². The summed E-state index contributed by atoms with van der Waals surface area (Å²) in [5, 5.41) is 20.7. The fraction of sp³-hybridized carbons (Fsp3) is 0.353. The van der Waals surface area contributed by atoms with Crippen molar-refractivity contribution in [3.05, 3.63) is 41.0 Å². The highest BCUT2D eigenvalue weighted by Gasteiger charge is 2.15. The molecule has 0 atom stereocenters. The Hall–Kier alpha value is -2.83. The lowest BCUT2D eigenvalue weighted by Gasteiger charge is -2.19. The summed E-state index contributed by atoms with van der Waals surface area (Å²) >= 11 is 0. The maximum Gasteiger partial charge on any atom is 0.407 e. The smallest absolute Gasteiger partial charge is 0.407 e. The van der Waals surface area contributed by atoms with Crippen molar-refractivity contribution in [2.24, 2.45) is 0 Å². The fourth-order valence-electron chi connectivity index (χ4n) is 1.81. The van der Waals surface area contributed by atoms with Gasteiger partial charge >= 0.3 is 18.0 Å². The van der Waals surface area contributed by atoms with Crippen molar-refractivity contribution in [1.82, 2.24) is 5.32 Å². The van der Waals surface area contributed by atoms with Gasteiger partial charge in [-0.15, -0.1) is 0 Å². The molecule has 0 spiro atoms. The second-order valence-corrected chi connectivity index (χ2v) is 6.03. The van der Waals surface area contributed by atoms with Crippen molar-refractivity contribution in [3.8, 4) is 0 Å². The molecule has 0 bridgehead atoms. The SMILES string of the molecule is CC(C)(C)OC(=O)NCCC=Cc1cc(C(=O)O)ccc1C(=O)O. The van der Waals surface area contributed by atoms with Gasteiger partial charge in [-0.25, -0.2) is 14.4 Å². The van der Waals surface area contributed by atoms with Gasteiger partial charge in [-0.05, 0) is 51.0 Å². The van der Waals surface area contributed by atoms with E-state index in [1.165, 1.54) is 24.3 Å². The maximum absolute atomic E-state index is 11.5. The molecule has 1 aromatic carbocycles. The van der Waals surface area contributed by atoms with Crippen molar-refractivity contribution < 1.29 is 29.3 Å². The highest BCUT2D eigenvalue weighted by Crippen LogP contribution is 2.15. The average molecular weight is 335 g/mol. The Bertz CT molecular complexity index is 658. The minimum atomic E-state index is -1.14. The third-order valence-corrected chi connectivity index (χ3v) is 2.81. The molecular weight excluding hydrogens is 314 g/mol. The van der Waals surface area contributed by atoms with E-state index in [2.05, 4.69) is 5.32 Å². The zero-order chi connectivity index (χ0) is 18.3. The van der Waals surface area contributed by atoms with E-state index in [1.54, 1.807) is 26.8 Å². The van der Waals surface area contributed by atoms with E-state index in [4.69, 9.17) is 14.9 Å². The summed E-state index contributed by atoms with van der Waals surface area (Å²) in [5.74, 6) is -2.27. The van der Waals surface area contributed by atoms with Crippen LogP contribution in [0.5, 0.6) is 0 Å². The highest BCUT2D eigenvalue weighted by molar-refractivity contribution is 5.95. The van der Waals surface area contributed by atoms with Gasteiger partial charge in [0.1, 0.15) is 5.60 Å². The van der Waals surface area contributed by atoms with Crippen LogP contribution in [0, 0.1) is 0 Å². The number of amides is 1. The molecule has 0 aromatic heterocycles. The van der Waals surface area contributed by atoms with Gasteiger partial charge in [0, 0.05) is 6.54 Å². The number of carbonyl (C=O) groups excluding carboxylic acids is 1. The zero-order valence-electron chi connectivity index (χ0n) is 13.8. The van der Waals surface area contributed by atoms with E-state index in [9.17, 15) is 14.4 Å². The summed E-state index contributed by atoms with van der Waals surface area (Å²) in [5.41, 5.74) is -0.268. The van der Waals surface area contributed by atoms with Gasteiger partial charge in [-0.1, -0.05) is 12.2 Å². The van der Waals surface area contributed by atoms with Gasteiger partial charge in [-0.3, -0.25) is 0 Å². The topological polar surface area (TPSA) is 113 Å². The van der Waals surface area contributed by atoms with Crippen molar-refractivity contribution >= 4 is 24.1 Å². The largest absolute Gasteiger partial charge is 0.478 e. The molecule has 0 aliphatic heterocycles. The molecule has 1 rings (SSSR count). The van der Waals surface area contributed by atoms with Gasteiger partial charge in [-0.2, -0.15) is 0 Å². The summed E-state index contributed by atoms with van der Waals surface area (Å²) in [6.07, 6.45) is 3.09. The average Bonchev–Trinajstić information content (AvgIpc) is 2.44. The van der Waals surface area contributed by atoms with Gasteiger partial charge in [0.2, 0.25) is 0 Å². The second-order valence-electron chi connectivity index (χ2n) is 6.03. The maximum atomic E-state index is 11.5. The van der Waals surface area contributed by atoms with E-state index in [1.807, 2.05) is 0 Å². The van der Waals surface area contributed by atoms with Crippen LogP contribution in [0.25, 0.3) is 6.08 Å². The molecule has 3 N–H and O–H groups in total. The van der Waals surface area contributed by atoms with Crippen molar-refractivity contribution in [1.29, 1.82) is 0 Å². The molecule has 130 valence electrons. The molecule has 0 aliphatic carbocycles. The Balaban J connectivity index is 2.66. The lowest BCUT2D eigenvalue weighted by atomic mass is 10.0. The lowest BCUT2D eigenvalue weighted by Crippen LogP contribution is -2.32. The molecule has 7 heteroatoms. The quantitative estimate of drug-likeness (QED) is 0.689. The predicted molar refractivity (Wildman–Crippen MR) is 88.2 cm³/mol. The highest BCUT2D eigenvalue weighted by atomic mass is 16.6. The van der Waals surface area contributed by atoms with Crippen LogP contribution in [-0.4, -0.2) is 40.4 Å². The Kier molecular flexibility index (Phi) is 6.52. The lowest BCUT2D eigenvalue weighted by molar-refractivity contribution is 0.0527. The summed E-state index contributed by atoms with van der Waals surface area (Å²) in [4.78, 5) is 33.6. The molecule has 0 saturated carbocycles. The third-order valence-electron chi connectivity index (χ3n) is 2.81. The monoisotopic (exact) mass is 335 g/mol. The number of benzene rings is 1. The predicted octanol–water partition coefficient (Wildman–Crippen LogP) is 3.01. The van der Waals surface area contributed by atoms with Crippen molar-refractivity contribution in [2.45, 2.75) is 32.8 Å². The van der Waals surface area contributed by atoms with Gasteiger partial charge in [0.15, 0.2) is 0 Å². The molecule has 1 aromatic rings. The molecular formula is C17H21NO6. The zero-order valence-corrected chi connectivity index (χ0v) is 13.8. The first kappa shape index (κ1) is 19.2. The number of hydrogen-bond acceptors (Lipinski definition) is 4. The number of carboxylic acid groups (broad SMARTS) is 2. The normalized spacial score (nSPS) is 11.3. The minimum absolute atomic E-state index is 0.00605. The van der Waals surface area contributed by atoms with Gasteiger partial charge in [0.25, 0.3) is 0 Å². The molecule has 24 heavy (non-hydrogen) atoms. The third kappa shape index (κ3) is 6.51. The summed E-state index contributed by atoms with van der Waals surface area (Å²) < 4.78 is 5.08. The van der Waals surface area contributed by atoms with Crippen LogP contribution in [0.15, 0.2) is 24.3 Å². The summed E-state index contributed by atoms with van der Waals surface area (Å²) in [6, 6.07) is 3.79. The molecule has 0 fully saturated rings. The number of aromatic carboxylic acids is 2. The Labute approximate surface area is 139 Å². The Morgan fingerprint density at radius 1 is 1.17 bits per heavy atom. The number of nitrogens with one attached hydrogen (secondary N) is 1. The molecule has 0 saturated heterocycles. The van der Waals surface area contributed by atoms with E-state index < -0.39 is 23.6 Å². The van der Waals surface area contributed by atoms with Crippen LogP contribution in [0.4, 0.5) is 4.79 Å². The van der Waals surface area contributed by atoms with E-state index in [-0.39, 0.29) is 11.1 Å². The first-order valence-electron chi connectivity index (χ1n) is 7.34. The van der Waals surface area contributed by atoms with Gasteiger partial charge < -0.3 is 20.3 Å². The molecule has 0 aliphatic rings. The van der Waals surface area contributed by atoms with Crippen LogP contribution in [-0.2, 0) is 4.74 Å². The number of ether oxygens (including phenoxy) is 1. The summed E-state index contributed by atoms with van der Waals surface area (Å²) in [6.45, 7) is 5.59. The molecule has 7 nitrogen and oxygen atoms in total. The van der Waals surface area contributed by atoms with Crippen LogP contribution in [0.2, 0.25) is 0 Å². The number of carboxylic acids is 2. The van der Waals surface area contributed by atoms with Gasteiger partial charge in [0.05, 0.1) is 11.1 Å². The van der Waals surface area contributed by atoms with Crippen LogP contribution in [0.3, 0.4) is 0 Å². The van der Waals surface area contributed by atoms with E-state index in [0.29, 0.717) is 18.5 Å². The van der Waals surface area contributed by atoms with Crippen LogP contribution in [0.1, 0.15) is 53.5 Å². The molecule has 1 amide bonds. The van der Waals surface area contributed by atoms with Crippen LogP contribution >= 0.6 is 0 Å². The number of rotatable bonds is 6. The van der Waals surface area contributed by atoms with E-state index in [0.717, 1.165) is 0 Å². The number of hydrogen-bond donors (Lipinski definition) is 3. The first-order chi connectivity index (χ1) is 11.1. The Morgan fingerprint density at radius 3 is 2.38 bits per heavy atom. The number of carbonyl (C=O) groups is 3. The molecule has 0 radical (unpaired) electrons. The first-order valence-corrected chi connectivity index (χ1v) is 7.34. The molecule has 0 unspecified atom stereocenters. The molecule has 0 heterocycles. The number of alkyl carbamates (subject to hydrolysis) is 1. The summed E-state index contributed by atoms with van der Waals surface area (Å²) in [7, 11) is 0. The van der Waals surface area contributed by atoms with Crippen molar-refractivity contribution in [2.75, 3.05) is 6.54 Å². The standard InChI is InChI=1S/C17H21NO6/c1-17(2,3)24-16(23)18-9-5-4-6-11-10-12(14(19)20)7-8-13(11)15(21)22/h4,6-8,10H,5,9H2,1-3H3,(H,18,23)(H,19,20)(H,21,22). The Morgan fingerprint density at radius 2 is 1.83 bits per heavy atom. The van der Waals surface area contributed by atoms with Crippen LogP contribution < -0.4 is 5.32 Å². The van der Waals surface area contributed by atoms with Crippen molar-refractivity contribution in [3.63, 3.8) is 0 Å². The second kappa shape index (κ2) is 8.14. The minimum Gasteiger partial charge on any atom is -0.478 e. The fourth-order valence-corrected chi connectivity index (χ4v) is 1.81.